The molecule has 4 nitrogen and oxygen atoms in total. The van der Waals surface area contributed by atoms with Crippen molar-refractivity contribution < 1.29 is 19.0 Å². The molecule has 1 atom stereocenters. The number of halogens is 3. The lowest BCUT2D eigenvalue weighted by atomic mass is 10.2. The summed E-state index contributed by atoms with van der Waals surface area (Å²) >= 11 is 18.0. The van der Waals surface area contributed by atoms with E-state index >= 15 is 0 Å². The van der Waals surface area contributed by atoms with Crippen molar-refractivity contribution in [1.82, 2.24) is 0 Å². The predicted molar refractivity (Wildman–Crippen MR) is 119 cm³/mol. The smallest absolute Gasteiger partial charge is 0.347 e. The van der Waals surface area contributed by atoms with Crippen molar-refractivity contribution in [2.75, 3.05) is 0 Å². The lowest BCUT2D eigenvalue weighted by molar-refractivity contribution is -0.152. The van der Waals surface area contributed by atoms with Crippen LogP contribution in [0.3, 0.4) is 0 Å². The van der Waals surface area contributed by atoms with E-state index in [1.807, 2.05) is 24.3 Å². The molecule has 0 spiro atoms. The molecule has 0 radical (unpaired) electrons. The second-order valence-electron chi connectivity index (χ2n) is 6.45. The summed E-state index contributed by atoms with van der Waals surface area (Å²) in [5.41, 5.74) is 1.52. The van der Waals surface area contributed by atoms with Crippen LogP contribution in [0.2, 0.25) is 15.1 Å². The lowest BCUT2D eigenvalue weighted by Crippen LogP contribution is -2.26. The van der Waals surface area contributed by atoms with Gasteiger partial charge in [-0.05, 0) is 61.0 Å². The standard InChI is InChI=1S/C23H19Cl3O4/c1-15(23(27)29-14-20-21(25)3-2-4-22(20)26)30-19-9-5-16(6-10-19)13-28-18-11-7-17(24)8-12-18/h2-12,15H,13-14H2,1H3. The molecule has 0 bridgehead atoms. The van der Waals surface area contributed by atoms with Gasteiger partial charge in [-0.25, -0.2) is 4.79 Å². The van der Waals surface area contributed by atoms with Crippen LogP contribution in [0.5, 0.6) is 11.5 Å². The van der Waals surface area contributed by atoms with Crippen molar-refractivity contribution in [3.8, 4) is 11.5 Å². The van der Waals surface area contributed by atoms with Crippen molar-refractivity contribution in [1.29, 1.82) is 0 Å². The van der Waals surface area contributed by atoms with E-state index in [-0.39, 0.29) is 6.61 Å². The molecule has 0 heterocycles. The minimum absolute atomic E-state index is 0.0218. The SMILES string of the molecule is CC(Oc1ccc(COc2ccc(Cl)cc2)cc1)C(=O)OCc1c(Cl)cccc1Cl. The maximum atomic E-state index is 12.2. The molecule has 156 valence electrons. The fourth-order valence-corrected chi connectivity index (χ4v) is 3.18. The molecule has 0 fully saturated rings. The Morgan fingerprint density at radius 1 is 0.833 bits per heavy atom. The number of esters is 1. The van der Waals surface area contributed by atoms with Gasteiger partial charge in [0.25, 0.3) is 0 Å². The predicted octanol–water partition coefficient (Wildman–Crippen LogP) is 6.74. The van der Waals surface area contributed by atoms with Crippen LogP contribution in [-0.4, -0.2) is 12.1 Å². The summed E-state index contributed by atoms with van der Waals surface area (Å²) in [5.74, 6) is 0.765. The molecule has 0 aliphatic rings. The van der Waals surface area contributed by atoms with Gasteiger partial charge in [0.2, 0.25) is 0 Å². The summed E-state index contributed by atoms with van der Waals surface area (Å²) in [6.07, 6.45) is -0.789. The van der Waals surface area contributed by atoms with E-state index in [1.54, 1.807) is 49.4 Å². The Labute approximate surface area is 190 Å². The number of rotatable bonds is 8. The van der Waals surface area contributed by atoms with Crippen molar-refractivity contribution in [2.24, 2.45) is 0 Å². The zero-order valence-corrected chi connectivity index (χ0v) is 18.4. The van der Waals surface area contributed by atoms with E-state index in [9.17, 15) is 4.79 Å². The number of carbonyl (C=O) groups excluding carboxylic acids is 1. The molecule has 30 heavy (non-hydrogen) atoms. The number of carbonyl (C=O) groups is 1. The molecule has 3 aromatic carbocycles. The van der Waals surface area contributed by atoms with Crippen LogP contribution < -0.4 is 9.47 Å². The van der Waals surface area contributed by atoms with Gasteiger partial charge in [0.15, 0.2) is 6.10 Å². The Morgan fingerprint density at radius 2 is 1.43 bits per heavy atom. The zero-order valence-electron chi connectivity index (χ0n) is 16.1. The average Bonchev–Trinajstić information content (AvgIpc) is 2.74. The molecular weight excluding hydrogens is 447 g/mol. The Hall–Kier alpha value is -2.40. The van der Waals surface area contributed by atoms with Crippen molar-refractivity contribution >= 4 is 40.8 Å². The minimum atomic E-state index is -0.789. The van der Waals surface area contributed by atoms with Crippen molar-refractivity contribution in [3.63, 3.8) is 0 Å². The minimum Gasteiger partial charge on any atom is -0.489 e. The van der Waals surface area contributed by atoms with Gasteiger partial charge in [-0.2, -0.15) is 0 Å². The maximum absolute atomic E-state index is 12.2. The summed E-state index contributed by atoms with van der Waals surface area (Å²) in [6, 6.07) is 19.5. The average molecular weight is 466 g/mol. The second kappa shape index (κ2) is 10.6. The fourth-order valence-electron chi connectivity index (χ4n) is 2.54. The van der Waals surface area contributed by atoms with Gasteiger partial charge in [0, 0.05) is 20.6 Å². The van der Waals surface area contributed by atoms with Gasteiger partial charge in [0.05, 0.1) is 0 Å². The third-order valence-electron chi connectivity index (χ3n) is 4.21. The summed E-state index contributed by atoms with van der Waals surface area (Å²) in [6.45, 7) is 2.00. The van der Waals surface area contributed by atoms with Crippen LogP contribution in [-0.2, 0) is 22.7 Å². The van der Waals surface area contributed by atoms with Crippen LogP contribution in [0.4, 0.5) is 0 Å². The molecule has 0 aliphatic heterocycles. The van der Waals surface area contributed by atoms with Gasteiger partial charge >= 0.3 is 5.97 Å². The second-order valence-corrected chi connectivity index (χ2v) is 7.71. The van der Waals surface area contributed by atoms with E-state index in [2.05, 4.69) is 0 Å². The molecule has 0 saturated heterocycles. The van der Waals surface area contributed by atoms with Crippen molar-refractivity contribution in [2.45, 2.75) is 26.2 Å². The molecule has 1 unspecified atom stereocenters. The highest BCUT2D eigenvalue weighted by Gasteiger charge is 2.18. The van der Waals surface area contributed by atoms with Crippen LogP contribution >= 0.6 is 34.8 Å². The molecule has 7 heteroatoms. The quantitative estimate of drug-likeness (QED) is 0.346. The van der Waals surface area contributed by atoms with Gasteiger partial charge in [0.1, 0.15) is 24.7 Å². The Morgan fingerprint density at radius 3 is 2.07 bits per heavy atom. The van der Waals surface area contributed by atoms with Gasteiger partial charge in [-0.1, -0.05) is 53.0 Å². The molecule has 0 aliphatic carbocycles. The molecule has 3 rings (SSSR count). The van der Waals surface area contributed by atoms with E-state index in [4.69, 9.17) is 49.0 Å². The van der Waals surface area contributed by atoms with Gasteiger partial charge < -0.3 is 14.2 Å². The normalized spacial score (nSPS) is 11.6. The van der Waals surface area contributed by atoms with Crippen molar-refractivity contribution in [3.05, 3.63) is 92.9 Å². The molecule has 0 aromatic heterocycles. The first-order valence-electron chi connectivity index (χ1n) is 9.16. The first-order chi connectivity index (χ1) is 14.4. The third kappa shape index (κ3) is 6.30. The highest BCUT2D eigenvalue weighted by molar-refractivity contribution is 6.36. The summed E-state index contributed by atoms with van der Waals surface area (Å²) in [7, 11) is 0. The topological polar surface area (TPSA) is 44.8 Å². The molecule has 0 saturated carbocycles. The van der Waals surface area contributed by atoms with Gasteiger partial charge in [-0.15, -0.1) is 0 Å². The van der Waals surface area contributed by atoms with Crippen LogP contribution in [0.25, 0.3) is 0 Å². The molecule has 3 aromatic rings. The number of hydrogen-bond acceptors (Lipinski definition) is 4. The summed E-state index contributed by atoms with van der Waals surface area (Å²) in [5, 5.41) is 1.55. The monoisotopic (exact) mass is 464 g/mol. The number of ether oxygens (including phenoxy) is 3. The Bertz CT molecular complexity index is 968. The first-order valence-corrected chi connectivity index (χ1v) is 10.3. The maximum Gasteiger partial charge on any atom is 0.347 e. The van der Waals surface area contributed by atoms with E-state index < -0.39 is 12.1 Å². The third-order valence-corrected chi connectivity index (χ3v) is 5.17. The fraction of sp³-hybridized carbons (Fsp3) is 0.174. The molecule has 0 N–H and O–H groups in total. The van der Waals surface area contributed by atoms with Gasteiger partial charge in [-0.3, -0.25) is 0 Å². The molecular formula is C23H19Cl3O4. The van der Waals surface area contributed by atoms with E-state index in [1.165, 1.54) is 0 Å². The zero-order chi connectivity index (χ0) is 21.5. The largest absolute Gasteiger partial charge is 0.489 e. The van der Waals surface area contributed by atoms with E-state index in [0.717, 1.165) is 11.3 Å². The van der Waals surface area contributed by atoms with Crippen LogP contribution in [0.1, 0.15) is 18.1 Å². The number of benzene rings is 3. The van der Waals surface area contributed by atoms with E-state index in [0.29, 0.717) is 33.0 Å². The highest BCUT2D eigenvalue weighted by atomic mass is 35.5. The first kappa shape index (κ1) is 22.3. The van der Waals surface area contributed by atoms with Crippen LogP contribution in [0, 0.1) is 0 Å². The van der Waals surface area contributed by atoms with Crippen LogP contribution in [0.15, 0.2) is 66.7 Å². The highest BCUT2D eigenvalue weighted by Crippen LogP contribution is 2.25. The molecule has 0 amide bonds. The Balaban J connectivity index is 1.49. The summed E-state index contributed by atoms with van der Waals surface area (Å²) < 4.78 is 16.6. The number of hydrogen-bond donors (Lipinski definition) is 0. The lowest BCUT2D eigenvalue weighted by Gasteiger charge is -2.15. The Kier molecular flexibility index (Phi) is 7.86. The summed E-state index contributed by atoms with van der Waals surface area (Å²) in [4.78, 5) is 12.2.